The number of hydrogen-bond acceptors (Lipinski definition) is 2. The van der Waals surface area contributed by atoms with Gasteiger partial charge in [-0.15, -0.1) is 0 Å². The number of aliphatic hydroxyl groups is 1. The van der Waals surface area contributed by atoms with Crippen LogP contribution >= 0.6 is 0 Å². The second-order valence-electron chi connectivity index (χ2n) is 2.97. The van der Waals surface area contributed by atoms with Crippen molar-refractivity contribution < 1.29 is 13.9 Å². The Balaban J connectivity index is 2.39. The van der Waals surface area contributed by atoms with Crippen LogP contribution in [0.3, 0.4) is 0 Å². The van der Waals surface area contributed by atoms with Crippen molar-refractivity contribution in [2.75, 3.05) is 19.7 Å². The summed E-state index contributed by atoms with van der Waals surface area (Å²) < 4.78 is 25.2. The molecule has 0 aromatic heterocycles. The maximum Gasteiger partial charge on any atom is 0.159 e. The van der Waals surface area contributed by atoms with Crippen LogP contribution in [0, 0.1) is 11.6 Å². The summed E-state index contributed by atoms with van der Waals surface area (Å²) in [6.45, 7) is 1.24. The van der Waals surface area contributed by atoms with E-state index in [0.717, 1.165) is 11.6 Å². The van der Waals surface area contributed by atoms with Gasteiger partial charge in [0.05, 0.1) is 6.61 Å². The molecule has 0 bridgehead atoms. The molecular formula is C10H13F2NO. The predicted octanol–water partition coefficient (Wildman–Crippen LogP) is 1.09. The summed E-state index contributed by atoms with van der Waals surface area (Å²) in [5, 5.41) is 11.4. The van der Waals surface area contributed by atoms with Gasteiger partial charge in [-0.25, -0.2) is 8.78 Å². The molecule has 1 rings (SSSR count). The second kappa shape index (κ2) is 5.67. The molecule has 0 saturated heterocycles. The Morgan fingerprint density at radius 1 is 1.14 bits per heavy atom. The van der Waals surface area contributed by atoms with Gasteiger partial charge in [-0.2, -0.15) is 0 Å². The van der Waals surface area contributed by atoms with E-state index in [1.165, 1.54) is 6.07 Å². The van der Waals surface area contributed by atoms with E-state index in [4.69, 9.17) is 5.11 Å². The lowest BCUT2D eigenvalue weighted by Crippen LogP contribution is -2.20. The van der Waals surface area contributed by atoms with Gasteiger partial charge in [0.15, 0.2) is 11.6 Å². The molecule has 1 aromatic rings. The molecule has 78 valence electrons. The van der Waals surface area contributed by atoms with Crippen molar-refractivity contribution in [2.45, 2.75) is 6.42 Å². The lowest BCUT2D eigenvalue weighted by molar-refractivity contribution is 0.293. The Labute approximate surface area is 81.6 Å². The minimum atomic E-state index is -0.822. The summed E-state index contributed by atoms with van der Waals surface area (Å²) in [4.78, 5) is 0. The first-order valence-corrected chi connectivity index (χ1v) is 4.49. The summed E-state index contributed by atoms with van der Waals surface area (Å²) in [6.07, 6.45) is 0.622. The number of nitrogens with one attached hydrogen (secondary N) is 1. The number of halogens is 2. The third kappa shape index (κ3) is 3.40. The third-order valence-corrected chi connectivity index (χ3v) is 1.86. The average molecular weight is 201 g/mol. The quantitative estimate of drug-likeness (QED) is 0.699. The monoisotopic (exact) mass is 201 g/mol. The normalized spacial score (nSPS) is 10.5. The van der Waals surface area contributed by atoms with E-state index in [0.29, 0.717) is 19.5 Å². The van der Waals surface area contributed by atoms with Crippen molar-refractivity contribution in [3.05, 3.63) is 35.4 Å². The van der Waals surface area contributed by atoms with Crippen molar-refractivity contribution in [2.24, 2.45) is 0 Å². The van der Waals surface area contributed by atoms with E-state index in [-0.39, 0.29) is 6.61 Å². The molecule has 0 spiro atoms. The van der Waals surface area contributed by atoms with Gasteiger partial charge in [0, 0.05) is 6.54 Å². The van der Waals surface area contributed by atoms with Gasteiger partial charge in [-0.1, -0.05) is 6.07 Å². The van der Waals surface area contributed by atoms with Gasteiger partial charge in [0.25, 0.3) is 0 Å². The first-order valence-electron chi connectivity index (χ1n) is 4.49. The zero-order valence-electron chi connectivity index (χ0n) is 7.76. The molecule has 14 heavy (non-hydrogen) atoms. The number of hydrogen-bond donors (Lipinski definition) is 2. The predicted molar refractivity (Wildman–Crippen MR) is 50.0 cm³/mol. The molecule has 0 aliphatic heterocycles. The summed E-state index contributed by atoms with van der Waals surface area (Å²) >= 11 is 0. The van der Waals surface area contributed by atoms with Crippen LogP contribution < -0.4 is 5.32 Å². The van der Waals surface area contributed by atoms with Gasteiger partial charge in [-0.05, 0) is 30.7 Å². The molecule has 0 atom stereocenters. The van der Waals surface area contributed by atoms with Gasteiger partial charge in [0.2, 0.25) is 0 Å². The molecular weight excluding hydrogens is 188 g/mol. The lowest BCUT2D eigenvalue weighted by atomic mass is 10.1. The number of benzene rings is 1. The topological polar surface area (TPSA) is 32.3 Å². The third-order valence-electron chi connectivity index (χ3n) is 1.86. The summed E-state index contributed by atoms with van der Waals surface area (Å²) in [7, 11) is 0. The highest BCUT2D eigenvalue weighted by molar-refractivity contribution is 5.17. The Bertz CT molecular complexity index is 291. The molecule has 0 amide bonds. The maximum atomic E-state index is 12.7. The highest BCUT2D eigenvalue weighted by Gasteiger charge is 2.01. The molecule has 0 radical (unpaired) electrons. The molecule has 2 nitrogen and oxygen atoms in total. The highest BCUT2D eigenvalue weighted by atomic mass is 19.2. The number of aliphatic hydroxyl groups excluding tert-OH is 1. The first-order chi connectivity index (χ1) is 6.74. The maximum absolute atomic E-state index is 12.7. The van der Waals surface area contributed by atoms with E-state index < -0.39 is 11.6 Å². The zero-order chi connectivity index (χ0) is 10.4. The summed E-state index contributed by atoms with van der Waals surface area (Å²) in [5.41, 5.74) is 0.745. The van der Waals surface area contributed by atoms with Crippen LogP contribution in [0.25, 0.3) is 0 Å². The average Bonchev–Trinajstić information content (AvgIpc) is 2.18. The first kappa shape index (κ1) is 11.1. The molecule has 0 aliphatic carbocycles. The van der Waals surface area contributed by atoms with E-state index in [2.05, 4.69) is 5.32 Å². The van der Waals surface area contributed by atoms with Gasteiger partial charge in [-0.3, -0.25) is 0 Å². The molecule has 0 heterocycles. The molecule has 0 aliphatic rings. The van der Waals surface area contributed by atoms with Crippen molar-refractivity contribution in [1.82, 2.24) is 5.32 Å². The molecule has 0 fully saturated rings. The molecule has 1 aromatic carbocycles. The fourth-order valence-corrected chi connectivity index (χ4v) is 1.13. The molecule has 0 saturated carbocycles. The minimum absolute atomic E-state index is 0.0811. The largest absolute Gasteiger partial charge is 0.395 e. The van der Waals surface area contributed by atoms with E-state index in [1.54, 1.807) is 6.07 Å². The van der Waals surface area contributed by atoms with Crippen LogP contribution in [0.2, 0.25) is 0 Å². The van der Waals surface area contributed by atoms with E-state index >= 15 is 0 Å². The van der Waals surface area contributed by atoms with Gasteiger partial charge < -0.3 is 10.4 Å². The lowest BCUT2D eigenvalue weighted by Gasteiger charge is -2.03. The smallest absolute Gasteiger partial charge is 0.159 e. The van der Waals surface area contributed by atoms with Crippen molar-refractivity contribution >= 4 is 0 Å². The fourth-order valence-electron chi connectivity index (χ4n) is 1.13. The van der Waals surface area contributed by atoms with E-state index in [1.807, 2.05) is 0 Å². The SMILES string of the molecule is OCCNCCc1ccc(F)c(F)c1. The fraction of sp³-hybridized carbons (Fsp3) is 0.400. The Kier molecular flexibility index (Phi) is 4.49. The van der Waals surface area contributed by atoms with Crippen LogP contribution in [-0.2, 0) is 6.42 Å². The molecule has 0 unspecified atom stereocenters. The summed E-state index contributed by atoms with van der Waals surface area (Å²) in [5.74, 6) is -1.64. The van der Waals surface area contributed by atoms with Crippen molar-refractivity contribution in [1.29, 1.82) is 0 Å². The van der Waals surface area contributed by atoms with Crippen molar-refractivity contribution in [3.8, 4) is 0 Å². The minimum Gasteiger partial charge on any atom is -0.395 e. The van der Waals surface area contributed by atoms with E-state index in [9.17, 15) is 8.78 Å². The van der Waals surface area contributed by atoms with Crippen LogP contribution in [0.15, 0.2) is 18.2 Å². The second-order valence-corrected chi connectivity index (χ2v) is 2.97. The van der Waals surface area contributed by atoms with Crippen LogP contribution in [-0.4, -0.2) is 24.8 Å². The summed E-state index contributed by atoms with van der Waals surface area (Å²) in [6, 6.07) is 3.87. The van der Waals surface area contributed by atoms with Crippen LogP contribution in [0.1, 0.15) is 5.56 Å². The van der Waals surface area contributed by atoms with Gasteiger partial charge >= 0.3 is 0 Å². The molecule has 2 N–H and O–H groups in total. The Hall–Kier alpha value is -1.00. The van der Waals surface area contributed by atoms with Crippen LogP contribution in [0.4, 0.5) is 8.78 Å². The standard InChI is InChI=1S/C10H13F2NO/c11-9-2-1-8(7-10(9)12)3-4-13-5-6-14/h1-2,7,13-14H,3-6H2. The van der Waals surface area contributed by atoms with Crippen molar-refractivity contribution in [3.63, 3.8) is 0 Å². The zero-order valence-corrected chi connectivity index (χ0v) is 7.76. The Morgan fingerprint density at radius 3 is 2.57 bits per heavy atom. The van der Waals surface area contributed by atoms with Gasteiger partial charge in [0.1, 0.15) is 0 Å². The Morgan fingerprint density at radius 2 is 1.93 bits per heavy atom. The number of rotatable bonds is 5. The highest BCUT2D eigenvalue weighted by Crippen LogP contribution is 2.08. The van der Waals surface area contributed by atoms with Crippen LogP contribution in [0.5, 0.6) is 0 Å². The molecule has 4 heteroatoms.